The van der Waals surface area contributed by atoms with Gasteiger partial charge in [-0.15, -0.1) is 0 Å². The molecule has 0 aliphatic carbocycles. The molecule has 1 aromatic carbocycles. The van der Waals surface area contributed by atoms with Gasteiger partial charge >= 0.3 is 0 Å². The van der Waals surface area contributed by atoms with E-state index >= 15 is 0 Å². The summed E-state index contributed by atoms with van der Waals surface area (Å²) in [6.07, 6.45) is 0.854. The van der Waals surface area contributed by atoms with Crippen molar-refractivity contribution in [3.05, 3.63) is 30.3 Å². The average molecular weight is 446 g/mol. The maximum atomic E-state index is 12.6. The molecule has 0 spiro atoms. The van der Waals surface area contributed by atoms with Gasteiger partial charge in [0.25, 0.3) is 0 Å². The lowest BCUT2D eigenvalue weighted by Crippen LogP contribution is -2.66. The van der Waals surface area contributed by atoms with Crippen molar-refractivity contribution in [3.8, 4) is 0 Å². The number of benzene rings is 1. The predicted octanol–water partition coefficient (Wildman–Crippen LogP) is -2.26. The fraction of sp³-hybridized carbons (Fsp3) is 0.524. The fourth-order valence-electron chi connectivity index (χ4n) is 3.92. The second-order valence-electron chi connectivity index (χ2n) is 8.21. The largest absolute Gasteiger partial charge is 0.376 e. The van der Waals surface area contributed by atoms with E-state index in [0.717, 1.165) is 5.69 Å². The number of carbonyl (C=O) groups is 4. The Hall–Kier alpha value is -3.18. The third-order valence-electron chi connectivity index (χ3n) is 5.61. The summed E-state index contributed by atoms with van der Waals surface area (Å²) >= 11 is 0. The molecule has 1 aromatic rings. The van der Waals surface area contributed by atoms with E-state index in [1.54, 1.807) is 0 Å². The van der Waals surface area contributed by atoms with E-state index in [1.165, 1.54) is 0 Å². The van der Waals surface area contributed by atoms with Crippen LogP contribution in [0.15, 0.2) is 30.3 Å². The molecule has 4 amide bonds. The summed E-state index contributed by atoms with van der Waals surface area (Å²) in [5.41, 5.74) is 4.93. The normalized spacial score (nSPS) is 18.1. The maximum absolute atomic E-state index is 12.6. The molecule has 2 aliphatic heterocycles. The monoisotopic (exact) mass is 445 g/mol. The first-order valence-electron chi connectivity index (χ1n) is 10.8. The minimum Gasteiger partial charge on any atom is -0.376 e. The van der Waals surface area contributed by atoms with Crippen molar-refractivity contribution < 1.29 is 19.2 Å². The third-order valence-corrected chi connectivity index (χ3v) is 5.61. The van der Waals surface area contributed by atoms with Gasteiger partial charge in [-0.1, -0.05) is 18.2 Å². The minimum absolute atomic E-state index is 0.0143. The van der Waals surface area contributed by atoms with Crippen LogP contribution in [-0.4, -0.2) is 85.9 Å². The Labute approximate surface area is 186 Å². The van der Waals surface area contributed by atoms with Gasteiger partial charge in [0.15, 0.2) is 0 Å². The first-order chi connectivity index (χ1) is 15.4. The summed E-state index contributed by atoms with van der Waals surface area (Å²) in [4.78, 5) is 50.2. The first kappa shape index (κ1) is 23.5. The van der Waals surface area contributed by atoms with Crippen molar-refractivity contribution in [2.45, 2.75) is 24.4 Å². The number of carbonyl (C=O) groups excluding carboxylic acids is 4. The van der Waals surface area contributed by atoms with Gasteiger partial charge in [0, 0.05) is 18.8 Å². The van der Waals surface area contributed by atoms with Crippen molar-refractivity contribution in [2.24, 2.45) is 5.73 Å². The summed E-state index contributed by atoms with van der Waals surface area (Å²) in [7, 11) is 0. The van der Waals surface area contributed by atoms with Crippen LogP contribution in [0.1, 0.15) is 12.8 Å². The lowest BCUT2D eigenvalue weighted by atomic mass is 9.87. The molecule has 2 aliphatic rings. The van der Waals surface area contributed by atoms with Crippen molar-refractivity contribution >= 4 is 29.3 Å². The zero-order valence-corrected chi connectivity index (χ0v) is 18.0. The van der Waals surface area contributed by atoms with Gasteiger partial charge in [-0.25, -0.2) is 0 Å². The summed E-state index contributed by atoms with van der Waals surface area (Å²) in [5, 5.41) is 14.5. The van der Waals surface area contributed by atoms with Gasteiger partial charge in [-0.3, -0.25) is 24.1 Å². The zero-order chi connectivity index (χ0) is 23.0. The Morgan fingerprint density at radius 3 is 2.38 bits per heavy atom. The molecule has 0 radical (unpaired) electrons. The van der Waals surface area contributed by atoms with Crippen molar-refractivity contribution in [1.29, 1.82) is 0 Å². The van der Waals surface area contributed by atoms with Crippen LogP contribution in [0.3, 0.4) is 0 Å². The Morgan fingerprint density at radius 2 is 1.72 bits per heavy atom. The Morgan fingerprint density at radius 1 is 1.03 bits per heavy atom. The summed E-state index contributed by atoms with van der Waals surface area (Å²) in [5.74, 6) is -1.41. The van der Waals surface area contributed by atoms with Crippen LogP contribution in [0.5, 0.6) is 0 Å². The number of anilines is 1. The van der Waals surface area contributed by atoms with Gasteiger partial charge in [-0.2, -0.15) is 0 Å². The predicted molar refractivity (Wildman–Crippen MR) is 118 cm³/mol. The molecule has 0 bridgehead atoms. The smallest absolute Gasteiger partial charge is 0.246 e. The standard InChI is InChI=1S/C21H31N7O4/c22-17(29)10-25-20(32)21(6-8-23-9-7-21)27-19(31)14-28-12-16(13-28)26-18(30)11-24-15-4-2-1-3-5-15/h1-5,16,23-24H,6-14H2,(H2,22,29)(H,25,32)(H,26,30)(H,27,31). The molecule has 174 valence electrons. The Kier molecular flexibility index (Phi) is 8.01. The van der Waals surface area contributed by atoms with Crippen LogP contribution >= 0.6 is 0 Å². The molecule has 11 heteroatoms. The number of amides is 4. The molecule has 0 unspecified atom stereocenters. The van der Waals surface area contributed by atoms with Crippen molar-refractivity contribution in [2.75, 3.05) is 51.1 Å². The van der Waals surface area contributed by atoms with E-state index in [4.69, 9.17) is 5.73 Å². The van der Waals surface area contributed by atoms with E-state index in [-0.39, 0.29) is 37.5 Å². The number of likely N-dealkylation sites (tertiary alicyclic amines) is 1. The third kappa shape index (κ3) is 6.66. The van der Waals surface area contributed by atoms with Crippen LogP contribution in [-0.2, 0) is 19.2 Å². The number of nitrogens with two attached hydrogens (primary N) is 1. The Bertz CT molecular complexity index is 821. The fourth-order valence-corrected chi connectivity index (χ4v) is 3.92. The van der Waals surface area contributed by atoms with E-state index in [1.807, 2.05) is 35.2 Å². The summed E-state index contributed by atoms with van der Waals surface area (Å²) in [6.45, 7) is 2.33. The highest BCUT2D eigenvalue weighted by Gasteiger charge is 2.41. The number of nitrogens with zero attached hydrogens (tertiary/aromatic N) is 1. The molecule has 2 heterocycles. The second-order valence-corrected chi connectivity index (χ2v) is 8.21. The van der Waals surface area contributed by atoms with Crippen LogP contribution in [0.25, 0.3) is 0 Å². The van der Waals surface area contributed by atoms with Crippen LogP contribution < -0.4 is 32.3 Å². The summed E-state index contributed by atoms with van der Waals surface area (Å²) < 4.78 is 0. The number of primary amides is 1. The molecule has 11 nitrogen and oxygen atoms in total. The molecular weight excluding hydrogens is 414 g/mol. The molecular formula is C21H31N7O4. The van der Waals surface area contributed by atoms with Gasteiger partial charge in [-0.05, 0) is 38.1 Å². The molecule has 3 rings (SSSR count). The minimum atomic E-state index is -1.06. The van der Waals surface area contributed by atoms with Crippen LogP contribution in [0.2, 0.25) is 0 Å². The van der Waals surface area contributed by atoms with Crippen molar-refractivity contribution in [3.63, 3.8) is 0 Å². The van der Waals surface area contributed by atoms with E-state index in [2.05, 4.69) is 26.6 Å². The highest BCUT2D eigenvalue weighted by Crippen LogP contribution is 2.19. The zero-order valence-electron chi connectivity index (χ0n) is 18.0. The number of piperidine rings is 1. The van der Waals surface area contributed by atoms with Gasteiger partial charge in [0.05, 0.1) is 25.7 Å². The SMILES string of the molecule is NC(=O)CNC(=O)C1(NC(=O)CN2CC(NC(=O)CNc3ccccc3)C2)CCNCC1. The second kappa shape index (κ2) is 10.9. The van der Waals surface area contributed by atoms with Crippen LogP contribution in [0.4, 0.5) is 5.69 Å². The summed E-state index contributed by atoms with van der Waals surface area (Å²) in [6, 6.07) is 9.46. The molecule has 0 saturated carbocycles. The number of hydrogen-bond donors (Lipinski definition) is 6. The highest BCUT2D eigenvalue weighted by molar-refractivity contribution is 5.94. The molecule has 0 aromatic heterocycles. The van der Waals surface area contributed by atoms with Gasteiger partial charge in [0.1, 0.15) is 5.54 Å². The van der Waals surface area contributed by atoms with Crippen molar-refractivity contribution in [1.82, 2.24) is 26.2 Å². The Balaban J connectivity index is 1.39. The number of rotatable bonds is 10. The van der Waals surface area contributed by atoms with Crippen LogP contribution in [0, 0.1) is 0 Å². The average Bonchev–Trinajstić information content (AvgIpc) is 2.75. The molecule has 0 atom stereocenters. The number of para-hydroxylation sites is 1. The van der Waals surface area contributed by atoms with E-state index < -0.39 is 17.4 Å². The van der Waals surface area contributed by atoms with E-state index in [9.17, 15) is 19.2 Å². The molecule has 2 fully saturated rings. The topological polar surface area (TPSA) is 158 Å². The quantitative estimate of drug-likeness (QED) is 0.237. The lowest BCUT2D eigenvalue weighted by Gasteiger charge is -2.41. The first-order valence-corrected chi connectivity index (χ1v) is 10.8. The molecule has 7 N–H and O–H groups in total. The number of nitrogens with one attached hydrogen (secondary N) is 5. The highest BCUT2D eigenvalue weighted by atomic mass is 16.2. The molecule has 2 saturated heterocycles. The van der Waals surface area contributed by atoms with Gasteiger partial charge < -0.3 is 32.3 Å². The van der Waals surface area contributed by atoms with E-state index in [0.29, 0.717) is 39.0 Å². The molecule has 32 heavy (non-hydrogen) atoms. The lowest BCUT2D eigenvalue weighted by molar-refractivity contribution is -0.136. The number of hydrogen-bond acceptors (Lipinski definition) is 7. The maximum Gasteiger partial charge on any atom is 0.246 e. The van der Waals surface area contributed by atoms with Gasteiger partial charge in [0.2, 0.25) is 23.6 Å².